The van der Waals surface area contributed by atoms with E-state index in [2.05, 4.69) is 5.32 Å². The molecular formula is C24H30N4O7S. The molecule has 2 N–H and O–H groups in total. The highest BCUT2D eigenvalue weighted by molar-refractivity contribution is 7.89. The number of sulfonamides is 1. The molecule has 0 heterocycles. The number of non-ortho nitro benzene ring substituents is 1. The van der Waals surface area contributed by atoms with Crippen molar-refractivity contribution in [2.75, 3.05) is 13.1 Å². The summed E-state index contributed by atoms with van der Waals surface area (Å²) in [5, 5.41) is 33.8. The summed E-state index contributed by atoms with van der Waals surface area (Å²) in [6.45, 7) is 4.32. The minimum Gasteiger partial charge on any atom is -0.444 e. The van der Waals surface area contributed by atoms with Gasteiger partial charge in [-0.3, -0.25) is 10.1 Å². The molecule has 0 bridgehead atoms. The number of nitro groups is 1. The lowest BCUT2D eigenvalue weighted by Gasteiger charge is -2.30. The fourth-order valence-electron chi connectivity index (χ4n) is 3.34. The van der Waals surface area contributed by atoms with E-state index in [1.807, 2.05) is 12.1 Å². The van der Waals surface area contributed by atoms with Gasteiger partial charge in [-0.2, -0.15) is 9.57 Å². The van der Waals surface area contributed by atoms with Crippen molar-refractivity contribution in [3.63, 3.8) is 0 Å². The molecule has 0 radical (unpaired) electrons. The topological polar surface area (TPSA) is 163 Å². The summed E-state index contributed by atoms with van der Waals surface area (Å²) < 4.78 is 32.8. The maximum Gasteiger partial charge on any atom is 0.407 e. The van der Waals surface area contributed by atoms with E-state index in [9.17, 15) is 28.4 Å². The number of hydrogen-bond donors (Lipinski definition) is 2. The molecule has 12 heteroatoms. The lowest BCUT2D eigenvalue weighted by molar-refractivity contribution is -0.385. The summed E-state index contributed by atoms with van der Waals surface area (Å²) >= 11 is 0. The highest BCUT2D eigenvalue weighted by atomic mass is 32.2. The van der Waals surface area contributed by atoms with Crippen molar-refractivity contribution >= 4 is 21.8 Å². The van der Waals surface area contributed by atoms with Gasteiger partial charge in [-0.05, 0) is 38.8 Å². The van der Waals surface area contributed by atoms with Crippen molar-refractivity contribution in [2.45, 2.75) is 56.3 Å². The van der Waals surface area contributed by atoms with E-state index in [0.717, 1.165) is 22.0 Å². The van der Waals surface area contributed by atoms with Gasteiger partial charge in [0.2, 0.25) is 10.0 Å². The Balaban J connectivity index is 2.35. The van der Waals surface area contributed by atoms with Crippen LogP contribution < -0.4 is 5.32 Å². The molecule has 2 unspecified atom stereocenters. The third kappa shape index (κ3) is 8.60. The number of nitro benzene ring substituents is 1. The Morgan fingerprint density at radius 2 is 1.89 bits per heavy atom. The molecule has 0 aromatic heterocycles. The van der Waals surface area contributed by atoms with Gasteiger partial charge in [-0.15, -0.1) is 0 Å². The van der Waals surface area contributed by atoms with Crippen molar-refractivity contribution in [1.29, 1.82) is 5.26 Å². The maximum absolute atomic E-state index is 13.3. The Bertz CT molecular complexity index is 1190. The van der Waals surface area contributed by atoms with E-state index in [1.165, 1.54) is 12.1 Å². The van der Waals surface area contributed by atoms with Crippen LogP contribution in [0.4, 0.5) is 10.5 Å². The number of ether oxygens (including phenoxy) is 1. The molecule has 0 aliphatic rings. The van der Waals surface area contributed by atoms with Gasteiger partial charge in [0.25, 0.3) is 5.69 Å². The van der Waals surface area contributed by atoms with Crippen molar-refractivity contribution in [3.8, 4) is 6.07 Å². The Morgan fingerprint density at radius 3 is 2.47 bits per heavy atom. The van der Waals surface area contributed by atoms with Gasteiger partial charge in [0, 0.05) is 31.6 Å². The second-order valence-corrected chi connectivity index (χ2v) is 11.0. The molecule has 11 nitrogen and oxygen atoms in total. The van der Waals surface area contributed by atoms with Crippen LogP contribution >= 0.6 is 0 Å². The quantitative estimate of drug-likeness (QED) is 0.339. The van der Waals surface area contributed by atoms with E-state index in [1.54, 1.807) is 45.0 Å². The largest absolute Gasteiger partial charge is 0.444 e. The number of aliphatic hydroxyl groups is 1. The molecule has 2 rings (SSSR count). The molecule has 1 amide bonds. The smallest absolute Gasteiger partial charge is 0.407 e. The van der Waals surface area contributed by atoms with Crippen molar-refractivity contribution in [3.05, 3.63) is 70.3 Å². The number of carbonyl (C=O) groups excluding carboxylic acids is 1. The summed E-state index contributed by atoms with van der Waals surface area (Å²) in [6.07, 6.45) is -2.19. The molecule has 0 saturated heterocycles. The fourth-order valence-corrected chi connectivity index (χ4v) is 4.84. The Hall–Kier alpha value is -3.53. The second-order valence-electron chi connectivity index (χ2n) is 9.04. The molecule has 36 heavy (non-hydrogen) atoms. The molecule has 2 aromatic rings. The predicted octanol–water partition coefficient (Wildman–Crippen LogP) is 3.00. The first kappa shape index (κ1) is 28.7. The van der Waals surface area contributed by atoms with Crippen molar-refractivity contribution in [2.24, 2.45) is 0 Å². The molecule has 0 spiro atoms. The van der Waals surface area contributed by atoms with Crippen LogP contribution in [0.3, 0.4) is 0 Å². The monoisotopic (exact) mass is 518 g/mol. The Labute approximate surface area is 210 Å². The normalized spacial score (nSPS) is 13.4. The van der Waals surface area contributed by atoms with E-state index in [-0.39, 0.29) is 24.3 Å². The third-order valence-electron chi connectivity index (χ3n) is 4.99. The van der Waals surface area contributed by atoms with Crippen LogP contribution in [0.15, 0.2) is 59.5 Å². The van der Waals surface area contributed by atoms with Crippen LogP contribution in [0.2, 0.25) is 0 Å². The first-order chi connectivity index (χ1) is 16.8. The lowest BCUT2D eigenvalue weighted by Crippen LogP contribution is -2.51. The van der Waals surface area contributed by atoms with Gasteiger partial charge >= 0.3 is 6.09 Å². The number of nitrogens with zero attached hydrogens (tertiary/aromatic N) is 3. The van der Waals surface area contributed by atoms with E-state index < -0.39 is 51.0 Å². The predicted molar refractivity (Wildman–Crippen MR) is 131 cm³/mol. The summed E-state index contributed by atoms with van der Waals surface area (Å²) in [7, 11) is -4.31. The summed E-state index contributed by atoms with van der Waals surface area (Å²) in [4.78, 5) is 22.5. The molecule has 2 atom stereocenters. The average molecular weight is 519 g/mol. The standard InChI is InChI=1S/C24H30N4O7S/c1-24(2,3)35-23(30)26-21(15-18-9-5-4-6-10-18)22(29)17-27(14-8-13-25)36(33,34)20-12-7-11-19(16-20)28(31)32/h4-7,9-12,16,21-22,29H,8,14-15,17H2,1-3H3,(H,26,30). The zero-order chi connectivity index (χ0) is 26.9. The van der Waals surface area contributed by atoms with Crippen LogP contribution in [-0.4, -0.2) is 59.7 Å². The number of carbonyl (C=O) groups is 1. The molecule has 194 valence electrons. The minimum absolute atomic E-state index is 0.171. The van der Waals surface area contributed by atoms with Crippen LogP contribution in [0, 0.1) is 21.4 Å². The number of rotatable bonds is 11. The van der Waals surface area contributed by atoms with Crippen LogP contribution in [0.5, 0.6) is 0 Å². The lowest BCUT2D eigenvalue weighted by atomic mass is 10.0. The number of aliphatic hydroxyl groups excluding tert-OH is 1. The third-order valence-corrected chi connectivity index (χ3v) is 6.86. The van der Waals surface area contributed by atoms with Gasteiger partial charge in [0.1, 0.15) is 5.60 Å². The molecule has 0 saturated carbocycles. The maximum atomic E-state index is 13.3. The van der Waals surface area contributed by atoms with Gasteiger partial charge in [0.05, 0.1) is 28.0 Å². The van der Waals surface area contributed by atoms with Gasteiger partial charge in [0.15, 0.2) is 0 Å². The first-order valence-corrected chi connectivity index (χ1v) is 12.6. The van der Waals surface area contributed by atoms with E-state index in [0.29, 0.717) is 0 Å². The van der Waals surface area contributed by atoms with E-state index in [4.69, 9.17) is 10.00 Å². The molecular weight excluding hydrogens is 488 g/mol. The molecule has 0 aliphatic heterocycles. The Morgan fingerprint density at radius 1 is 1.22 bits per heavy atom. The van der Waals surface area contributed by atoms with Gasteiger partial charge in [-0.1, -0.05) is 36.4 Å². The number of nitriles is 1. The average Bonchev–Trinajstić information content (AvgIpc) is 2.80. The molecule has 0 aliphatic carbocycles. The van der Waals surface area contributed by atoms with Crippen molar-refractivity contribution < 1.29 is 28.0 Å². The fraction of sp³-hybridized carbons (Fsp3) is 0.417. The number of hydrogen-bond acceptors (Lipinski definition) is 8. The summed E-state index contributed by atoms with van der Waals surface area (Å²) in [5.41, 5.74) is -0.426. The highest BCUT2D eigenvalue weighted by Gasteiger charge is 2.32. The zero-order valence-electron chi connectivity index (χ0n) is 20.3. The first-order valence-electron chi connectivity index (χ1n) is 11.2. The van der Waals surface area contributed by atoms with E-state index >= 15 is 0 Å². The SMILES string of the molecule is CC(C)(C)OC(=O)NC(Cc1ccccc1)C(O)CN(CCC#N)S(=O)(=O)c1cccc([N+](=O)[O-])c1. The number of alkyl carbamates (subject to hydrolysis) is 1. The van der Waals surface area contributed by atoms with Crippen LogP contribution in [0.1, 0.15) is 32.8 Å². The number of amides is 1. The van der Waals surface area contributed by atoms with Gasteiger partial charge in [-0.25, -0.2) is 13.2 Å². The Kier molecular flexibility index (Phi) is 9.92. The molecule has 2 aromatic carbocycles. The second kappa shape index (κ2) is 12.4. The number of benzene rings is 2. The van der Waals surface area contributed by atoms with Crippen LogP contribution in [0.25, 0.3) is 0 Å². The van der Waals surface area contributed by atoms with Gasteiger partial charge < -0.3 is 15.2 Å². The molecule has 0 fully saturated rings. The summed E-state index contributed by atoms with van der Waals surface area (Å²) in [5.74, 6) is 0. The van der Waals surface area contributed by atoms with Crippen LogP contribution in [-0.2, 0) is 21.2 Å². The van der Waals surface area contributed by atoms with Crippen molar-refractivity contribution in [1.82, 2.24) is 9.62 Å². The highest BCUT2D eigenvalue weighted by Crippen LogP contribution is 2.22. The summed E-state index contributed by atoms with van der Waals surface area (Å²) in [6, 6.07) is 14.4. The minimum atomic E-state index is -4.31. The zero-order valence-corrected chi connectivity index (χ0v) is 21.1. The number of nitrogens with one attached hydrogen (secondary N) is 1.